The van der Waals surface area contributed by atoms with E-state index in [1.165, 1.54) is 18.6 Å². The van der Waals surface area contributed by atoms with E-state index in [4.69, 9.17) is 4.74 Å². The SMILES string of the molecule is O=C(NCc1ccc(F)cc1)NCC1(N2CCOCC2)CCC1. The van der Waals surface area contributed by atoms with Crippen molar-refractivity contribution >= 4 is 6.03 Å². The summed E-state index contributed by atoms with van der Waals surface area (Å²) in [7, 11) is 0. The van der Waals surface area contributed by atoms with Crippen LogP contribution in [-0.4, -0.2) is 49.3 Å². The van der Waals surface area contributed by atoms with Gasteiger partial charge in [-0.1, -0.05) is 12.1 Å². The molecule has 0 radical (unpaired) electrons. The van der Waals surface area contributed by atoms with Gasteiger partial charge in [-0.3, -0.25) is 4.90 Å². The summed E-state index contributed by atoms with van der Waals surface area (Å²) in [6.45, 7) is 4.51. The molecule has 5 nitrogen and oxygen atoms in total. The zero-order valence-corrected chi connectivity index (χ0v) is 13.3. The topological polar surface area (TPSA) is 53.6 Å². The molecule has 2 N–H and O–H groups in total. The predicted octanol–water partition coefficient (Wildman–Crippen LogP) is 1.88. The lowest BCUT2D eigenvalue weighted by Crippen LogP contribution is -2.63. The average Bonchev–Trinajstić information content (AvgIpc) is 2.54. The maximum Gasteiger partial charge on any atom is 0.315 e. The molecule has 2 fully saturated rings. The van der Waals surface area contributed by atoms with E-state index in [0.29, 0.717) is 13.1 Å². The molecule has 0 unspecified atom stereocenters. The first-order chi connectivity index (χ1) is 11.2. The van der Waals surface area contributed by atoms with E-state index in [1.54, 1.807) is 12.1 Å². The Balaban J connectivity index is 1.45. The molecule has 1 aromatic rings. The number of hydrogen-bond donors (Lipinski definition) is 2. The van der Waals surface area contributed by atoms with Gasteiger partial charge in [-0.25, -0.2) is 9.18 Å². The van der Waals surface area contributed by atoms with E-state index < -0.39 is 0 Å². The maximum atomic E-state index is 12.8. The van der Waals surface area contributed by atoms with E-state index in [1.807, 2.05) is 0 Å². The van der Waals surface area contributed by atoms with Crippen molar-refractivity contribution in [1.82, 2.24) is 15.5 Å². The zero-order valence-electron chi connectivity index (χ0n) is 13.3. The van der Waals surface area contributed by atoms with E-state index >= 15 is 0 Å². The van der Waals surface area contributed by atoms with Crippen LogP contribution in [0.25, 0.3) is 0 Å². The molecule has 1 saturated carbocycles. The lowest BCUT2D eigenvalue weighted by Gasteiger charge is -2.51. The molecule has 1 saturated heterocycles. The van der Waals surface area contributed by atoms with Crippen molar-refractivity contribution in [3.8, 4) is 0 Å². The zero-order chi connectivity index (χ0) is 16.1. The number of carbonyl (C=O) groups excluding carboxylic acids is 1. The van der Waals surface area contributed by atoms with Crippen LogP contribution in [0.1, 0.15) is 24.8 Å². The lowest BCUT2D eigenvalue weighted by molar-refractivity contribution is -0.0536. The minimum Gasteiger partial charge on any atom is -0.379 e. The highest BCUT2D eigenvalue weighted by atomic mass is 19.1. The number of urea groups is 1. The quantitative estimate of drug-likeness (QED) is 0.871. The summed E-state index contributed by atoms with van der Waals surface area (Å²) in [5.41, 5.74) is 0.991. The van der Waals surface area contributed by atoms with Gasteiger partial charge in [0.1, 0.15) is 5.82 Å². The first-order valence-corrected chi connectivity index (χ1v) is 8.27. The van der Waals surface area contributed by atoms with Gasteiger partial charge in [0.2, 0.25) is 0 Å². The van der Waals surface area contributed by atoms with E-state index in [2.05, 4.69) is 15.5 Å². The van der Waals surface area contributed by atoms with Crippen LogP contribution in [0, 0.1) is 5.82 Å². The molecule has 1 aliphatic carbocycles. The molecule has 0 aromatic heterocycles. The number of nitrogens with one attached hydrogen (secondary N) is 2. The number of amides is 2. The Kier molecular flexibility index (Phi) is 5.13. The van der Waals surface area contributed by atoms with Crippen LogP contribution < -0.4 is 10.6 Å². The summed E-state index contributed by atoms with van der Waals surface area (Å²) < 4.78 is 18.3. The van der Waals surface area contributed by atoms with Crippen molar-refractivity contribution in [1.29, 1.82) is 0 Å². The van der Waals surface area contributed by atoms with Crippen molar-refractivity contribution in [2.75, 3.05) is 32.8 Å². The highest BCUT2D eigenvalue weighted by Crippen LogP contribution is 2.37. The molecule has 1 aromatic carbocycles. The minimum atomic E-state index is -0.268. The van der Waals surface area contributed by atoms with Gasteiger partial charge in [-0.15, -0.1) is 0 Å². The van der Waals surface area contributed by atoms with Gasteiger partial charge < -0.3 is 15.4 Å². The first-order valence-electron chi connectivity index (χ1n) is 8.27. The third kappa shape index (κ3) is 4.00. The first kappa shape index (κ1) is 16.2. The molecule has 0 bridgehead atoms. The highest BCUT2D eigenvalue weighted by Gasteiger charge is 2.42. The molecule has 1 aliphatic heterocycles. The van der Waals surface area contributed by atoms with Gasteiger partial charge in [0.25, 0.3) is 0 Å². The second-order valence-corrected chi connectivity index (χ2v) is 6.34. The van der Waals surface area contributed by atoms with E-state index in [-0.39, 0.29) is 17.4 Å². The Labute approximate surface area is 136 Å². The molecule has 1 heterocycles. The monoisotopic (exact) mass is 321 g/mol. The number of morpholine rings is 1. The summed E-state index contributed by atoms with van der Waals surface area (Å²) in [4.78, 5) is 14.5. The normalized spacial score (nSPS) is 20.6. The molecule has 3 rings (SSSR count). The maximum absolute atomic E-state index is 12.8. The highest BCUT2D eigenvalue weighted by molar-refractivity contribution is 5.73. The Bertz CT molecular complexity index is 525. The van der Waals surface area contributed by atoms with Crippen molar-refractivity contribution in [3.63, 3.8) is 0 Å². The number of halogens is 1. The van der Waals surface area contributed by atoms with Gasteiger partial charge in [0.15, 0.2) is 0 Å². The smallest absolute Gasteiger partial charge is 0.315 e. The summed E-state index contributed by atoms with van der Waals surface area (Å²) in [6, 6.07) is 5.98. The fraction of sp³-hybridized carbons (Fsp3) is 0.588. The summed E-state index contributed by atoms with van der Waals surface area (Å²) in [5, 5.41) is 5.82. The van der Waals surface area contributed by atoms with Crippen molar-refractivity contribution in [3.05, 3.63) is 35.6 Å². The number of carbonyl (C=O) groups is 1. The van der Waals surface area contributed by atoms with Gasteiger partial charge in [-0.05, 0) is 37.0 Å². The Morgan fingerprint density at radius 3 is 2.48 bits per heavy atom. The number of ether oxygens (including phenoxy) is 1. The predicted molar refractivity (Wildman–Crippen MR) is 85.6 cm³/mol. The van der Waals surface area contributed by atoms with Crippen LogP contribution in [0.4, 0.5) is 9.18 Å². The number of nitrogens with zero attached hydrogens (tertiary/aromatic N) is 1. The number of hydrogen-bond acceptors (Lipinski definition) is 3. The van der Waals surface area contributed by atoms with Crippen molar-refractivity contribution < 1.29 is 13.9 Å². The molecule has 0 spiro atoms. The van der Waals surface area contributed by atoms with Crippen LogP contribution in [0.5, 0.6) is 0 Å². The minimum absolute atomic E-state index is 0.108. The fourth-order valence-corrected chi connectivity index (χ4v) is 3.32. The molecule has 23 heavy (non-hydrogen) atoms. The number of benzene rings is 1. The van der Waals surface area contributed by atoms with Crippen LogP contribution in [0.2, 0.25) is 0 Å². The molecule has 0 atom stereocenters. The molecule has 6 heteroatoms. The standard InChI is InChI=1S/C17H24FN3O2/c18-15-4-2-14(3-5-15)12-19-16(22)20-13-17(6-1-7-17)21-8-10-23-11-9-21/h2-5H,1,6-13H2,(H2,19,20,22). The van der Waals surface area contributed by atoms with Crippen LogP contribution >= 0.6 is 0 Å². The molecular formula is C17H24FN3O2. The van der Waals surface area contributed by atoms with Crippen molar-refractivity contribution in [2.24, 2.45) is 0 Å². The second kappa shape index (κ2) is 7.27. The third-order valence-electron chi connectivity index (χ3n) is 4.91. The van der Waals surface area contributed by atoms with E-state index in [9.17, 15) is 9.18 Å². The molecule has 2 aliphatic rings. The Morgan fingerprint density at radius 2 is 1.87 bits per heavy atom. The third-order valence-corrected chi connectivity index (χ3v) is 4.91. The average molecular weight is 321 g/mol. The van der Waals surface area contributed by atoms with Gasteiger partial charge in [0.05, 0.1) is 13.2 Å². The van der Waals surface area contributed by atoms with Gasteiger partial charge >= 0.3 is 6.03 Å². The molecule has 2 amide bonds. The van der Waals surface area contributed by atoms with Crippen LogP contribution in [-0.2, 0) is 11.3 Å². The lowest BCUT2D eigenvalue weighted by atomic mass is 9.75. The Morgan fingerprint density at radius 1 is 1.17 bits per heavy atom. The van der Waals surface area contributed by atoms with Gasteiger partial charge in [-0.2, -0.15) is 0 Å². The van der Waals surface area contributed by atoms with Crippen LogP contribution in [0.15, 0.2) is 24.3 Å². The summed E-state index contributed by atoms with van der Waals surface area (Å²) >= 11 is 0. The van der Waals surface area contributed by atoms with Gasteiger partial charge in [0, 0.05) is 31.7 Å². The van der Waals surface area contributed by atoms with Crippen LogP contribution in [0.3, 0.4) is 0 Å². The number of rotatable bonds is 5. The summed E-state index contributed by atoms with van der Waals surface area (Å²) in [6.07, 6.45) is 3.48. The molecule has 126 valence electrons. The van der Waals surface area contributed by atoms with Crippen molar-refractivity contribution in [2.45, 2.75) is 31.3 Å². The summed E-state index contributed by atoms with van der Waals surface area (Å²) in [5.74, 6) is -0.268. The fourth-order valence-electron chi connectivity index (χ4n) is 3.32. The second-order valence-electron chi connectivity index (χ2n) is 6.34. The largest absolute Gasteiger partial charge is 0.379 e. The Hall–Kier alpha value is -1.66. The molecular weight excluding hydrogens is 297 g/mol. The van der Waals surface area contributed by atoms with E-state index in [0.717, 1.165) is 44.7 Å².